The lowest BCUT2D eigenvalue weighted by molar-refractivity contribution is -0.184. The van der Waals surface area contributed by atoms with E-state index in [-0.39, 0.29) is 75.4 Å². The molecule has 9 rings (SSSR count). The molecular formula is C68H84F3N10O13P. The average Bonchev–Trinajstić information content (AvgIpc) is 1.59. The van der Waals surface area contributed by atoms with Crippen LogP contribution in [0.25, 0.3) is 32.7 Å². The Morgan fingerprint density at radius 1 is 0.558 bits per heavy atom. The van der Waals surface area contributed by atoms with Gasteiger partial charge in [-0.3, -0.25) is 28.9 Å². The molecule has 3 aromatic carbocycles. The first kappa shape index (κ1) is 70.9. The maximum Gasteiger partial charge on any atom is 0.471 e. The Kier molecular flexibility index (Phi) is 23.2. The first-order valence-electron chi connectivity index (χ1n) is 32.7. The van der Waals surface area contributed by atoms with Crippen molar-refractivity contribution in [2.45, 2.75) is 144 Å². The molecule has 23 nitrogen and oxygen atoms in total. The van der Waals surface area contributed by atoms with Crippen molar-refractivity contribution in [2.75, 3.05) is 101 Å². The second kappa shape index (κ2) is 31.0. The Morgan fingerprint density at radius 2 is 0.968 bits per heavy atom. The van der Waals surface area contributed by atoms with Crippen LogP contribution >= 0.6 is 8.38 Å². The van der Waals surface area contributed by atoms with Crippen molar-refractivity contribution < 1.29 is 74.8 Å². The van der Waals surface area contributed by atoms with Gasteiger partial charge >= 0.3 is 30.4 Å². The number of alkyl halides is 3. The van der Waals surface area contributed by atoms with Gasteiger partial charge in [0, 0.05) is 98.5 Å². The minimum absolute atomic E-state index is 0.00287. The molecule has 6 heterocycles. The number of unbranched alkanes of at least 4 members (excludes halogenated alkanes) is 5. The van der Waals surface area contributed by atoms with E-state index >= 15 is 9.59 Å². The summed E-state index contributed by atoms with van der Waals surface area (Å²) in [7, 11) is 1.44. The van der Waals surface area contributed by atoms with Crippen LogP contribution in [-0.2, 0) is 52.1 Å². The predicted molar refractivity (Wildman–Crippen MR) is 354 cm³/mol. The smallest absolute Gasteiger partial charge is 0.449 e. The molecule has 27 heteroatoms. The Labute approximate surface area is 551 Å². The van der Waals surface area contributed by atoms with Crippen molar-refractivity contribution >= 4 is 106 Å². The third kappa shape index (κ3) is 15.0. The summed E-state index contributed by atoms with van der Waals surface area (Å²) in [5.74, 6) is -3.48. The minimum atomic E-state index is -4.95. The monoisotopic (exact) mass is 1340 g/mol. The zero-order valence-electron chi connectivity index (χ0n) is 55.5. The number of fused-ring (bicyclic) bond motifs is 9. The van der Waals surface area contributed by atoms with E-state index in [1.165, 1.54) is 23.5 Å². The molecule has 3 aliphatic heterocycles. The molecule has 95 heavy (non-hydrogen) atoms. The molecule has 5 amide bonds. The van der Waals surface area contributed by atoms with Crippen LogP contribution in [0.2, 0.25) is 0 Å². The summed E-state index contributed by atoms with van der Waals surface area (Å²) in [4.78, 5) is 121. The van der Waals surface area contributed by atoms with Gasteiger partial charge in [0.05, 0.1) is 68.4 Å². The second-order valence-corrected chi connectivity index (χ2v) is 25.8. The Bertz CT molecular complexity index is 3940. The molecule has 1 unspecified atom stereocenters. The molecule has 0 saturated carbocycles. The Hall–Kier alpha value is -8.37. The molecule has 0 fully saturated rings. The molecule has 0 aliphatic carbocycles. The van der Waals surface area contributed by atoms with Gasteiger partial charge in [-0.1, -0.05) is 19.3 Å². The van der Waals surface area contributed by atoms with Gasteiger partial charge in [0.1, 0.15) is 17.1 Å². The van der Waals surface area contributed by atoms with E-state index in [1.807, 2.05) is 6.07 Å². The van der Waals surface area contributed by atoms with Crippen LogP contribution in [0.5, 0.6) is 0 Å². The molecule has 0 N–H and O–H groups in total. The fourth-order valence-electron chi connectivity index (χ4n) is 13.0. The highest BCUT2D eigenvalue weighted by molar-refractivity contribution is 7.47. The lowest BCUT2D eigenvalue weighted by atomic mass is 10.1. The number of hydrogen-bond donors (Lipinski definition) is 0. The zero-order valence-corrected chi connectivity index (χ0v) is 56.4. The summed E-state index contributed by atoms with van der Waals surface area (Å²) in [6, 6.07) is 17.8. The molecule has 3 aliphatic rings. The number of rotatable bonds is 27. The van der Waals surface area contributed by atoms with Crippen molar-refractivity contribution in [2.24, 2.45) is 0 Å². The number of ether oxygens (including phenoxy) is 3. The van der Waals surface area contributed by atoms with Gasteiger partial charge in [-0.25, -0.2) is 28.1 Å². The van der Waals surface area contributed by atoms with E-state index in [4.69, 9.17) is 28.5 Å². The van der Waals surface area contributed by atoms with Crippen molar-refractivity contribution in [1.82, 2.24) is 28.4 Å². The van der Waals surface area contributed by atoms with Crippen LogP contribution in [-0.4, -0.2) is 181 Å². The third-order valence-electron chi connectivity index (χ3n) is 17.6. The first-order valence-corrected chi connectivity index (χ1v) is 34.0. The van der Waals surface area contributed by atoms with Crippen LogP contribution in [0, 0.1) is 11.3 Å². The summed E-state index contributed by atoms with van der Waals surface area (Å²) < 4.78 is 71.0. The van der Waals surface area contributed by atoms with Crippen molar-refractivity contribution in [3.05, 3.63) is 88.4 Å². The largest absolute Gasteiger partial charge is 0.471 e. The molecular weight excluding hydrogens is 1250 g/mol. The van der Waals surface area contributed by atoms with Crippen molar-refractivity contribution in [1.29, 1.82) is 5.26 Å². The maximum atomic E-state index is 15.1. The Balaban J connectivity index is 0.925. The van der Waals surface area contributed by atoms with Gasteiger partial charge in [0.15, 0.2) is 8.38 Å². The Morgan fingerprint density at radius 3 is 1.41 bits per heavy atom. The molecule has 6 aromatic rings. The van der Waals surface area contributed by atoms with Crippen LogP contribution < -0.4 is 14.7 Å². The van der Waals surface area contributed by atoms with E-state index in [1.54, 1.807) is 86.1 Å². The highest BCUT2D eigenvalue weighted by Gasteiger charge is 2.42. The number of nitriles is 1. The zero-order chi connectivity index (χ0) is 68.6. The highest BCUT2D eigenvalue weighted by atomic mass is 31.2. The molecule has 0 saturated heterocycles. The number of anilines is 3. The minimum Gasteiger partial charge on any atom is -0.449 e. The average molecular weight is 1340 g/mol. The van der Waals surface area contributed by atoms with Crippen LogP contribution in [0.3, 0.4) is 0 Å². The lowest BCUT2D eigenvalue weighted by Gasteiger charge is -2.33. The SMILES string of the molecule is CCOC(=O)n1c(C(=O)N2CCc3c2ccc2c3cc(C(=O)N3CCc4c3ccc3c4cc(C(=O)N(C)CCCCCCN(C)C(=O)C(F)(F)F)n3C(=O)OCC)n2C(=O)OCC)cc2c3c(ccc21)N(C(=O)CCCCCOP(CN(C(C)C)C(C)C)OCCC#N)CC3. The molecule has 0 spiro atoms. The topological polar surface area (TPSA) is 241 Å². The van der Waals surface area contributed by atoms with Gasteiger partial charge in [-0.15, -0.1) is 0 Å². The van der Waals surface area contributed by atoms with Gasteiger partial charge < -0.3 is 47.8 Å². The van der Waals surface area contributed by atoms with E-state index in [9.17, 15) is 41.9 Å². The maximum absolute atomic E-state index is 15.1. The van der Waals surface area contributed by atoms with Gasteiger partial charge in [0.25, 0.3) is 17.7 Å². The van der Waals surface area contributed by atoms with Crippen molar-refractivity contribution in [3.63, 3.8) is 0 Å². The number of benzene rings is 3. The van der Waals surface area contributed by atoms with E-state index < -0.39 is 56.5 Å². The summed E-state index contributed by atoms with van der Waals surface area (Å²) in [6.07, 6.45) is -0.912. The predicted octanol–water partition coefficient (Wildman–Crippen LogP) is 12.4. The molecule has 3 aromatic heterocycles. The lowest BCUT2D eigenvalue weighted by Crippen LogP contribution is -2.38. The van der Waals surface area contributed by atoms with Gasteiger partial charge in [0.2, 0.25) is 5.91 Å². The summed E-state index contributed by atoms with van der Waals surface area (Å²) in [6.45, 7) is 15.3. The number of amides is 5. The number of carbonyl (C=O) groups is 8. The van der Waals surface area contributed by atoms with Gasteiger partial charge in [-0.05, 0) is 165 Å². The van der Waals surface area contributed by atoms with Crippen molar-refractivity contribution in [3.8, 4) is 6.07 Å². The van der Waals surface area contributed by atoms with E-state index in [2.05, 4.69) is 38.7 Å². The van der Waals surface area contributed by atoms with Crippen LogP contribution in [0.4, 0.5) is 44.6 Å². The third-order valence-corrected chi connectivity index (χ3v) is 19.1. The van der Waals surface area contributed by atoms with Crippen LogP contribution in [0.1, 0.15) is 154 Å². The standard InChI is InChI=1S/C68H84F3N10O13P/c1-10-90-65(87)79-54-26-23-52-46(48(54)39-57(79)61(83)73(8)32-17-13-14-18-33-74(9)64(86)68(69,70)71)29-35-76(52)63(85)59-41-50-47-30-36-77(53(47)24-27-56(50)81(59)67(89)92-12-3)62(84)58-40-49-45-28-34-75(51(45)22-25-55(49)80(58)66(88)91-11-2)60(82)21-16-15-19-37-93-95(94-38-20-31-72)42-78(43(4)5)44(6)7/h22-27,39-41,43-44H,10-21,28-30,32-38,42H2,1-9H3. The number of halogens is 3. The molecule has 510 valence electrons. The number of carbonyl (C=O) groups excluding carboxylic acids is 8. The van der Waals surface area contributed by atoms with E-state index in [0.717, 1.165) is 25.5 Å². The van der Waals surface area contributed by atoms with Crippen LogP contribution in [0.15, 0.2) is 54.6 Å². The summed E-state index contributed by atoms with van der Waals surface area (Å²) >= 11 is 0. The number of hydrogen-bond acceptors (Lipinski definition) is 15. The fraction of sp³-hybridized carbons (Fsp3) is 0.515. The summed E-state index contributed by atoms with van der Waals surface area (Å²) in [5.41, 5.74) is 5.11. The van der Waals surface area contributed by atoms with Gasteiger partial charge in [-0.2, -0.15) is 18.4 Å². The first-order chi connectivity index (χ1) is 45.5. The summed E-state index contributed by atoms with van der Waals surface area (Å²) in [5, 5.41) is 10.8. The fourth-order valence-corrected chi connectivity index (χ4v) is 14.8. The number of aromatic nitrogens is 3. The molecule has 1 atom stereocenters. The molecule has 0 radical (unpaired) electrons. The normalized spacial score (nSPS) is 13.9. The molecule has 0 bridgehead atoms. The highest BCUT2D eigenvalue weighted by Crippen LogP contribution is 2.44. The second-order valence-electron chi connectivity index (χ2n) is 24.3. The number of nitrogens with zero attached hydrogens (tertiary/aromatic N) is 10. The van der Waals surface area contributed by atoms with E-state index in [0.29, 0.717) is 162 Å². The quantitative estimate of drug-likeness (QED) is 0.0265.